The summed E-state index contributed by atoms with van der Waals surface area (Å²) < 4.78 is 44.9. The zero-order valence-corrected chi connectivity index (χ0v) is 15.9. The maximum Gasteiger partial charge on any atom is 0.416 e. The van der Waals surface area contributed by atoms with E-state index in [-0.39, 0.29) is 12.1 Å². The SMILES string of the molecule is O=C(NCC(O)c1ccccc1C(F)(F)F)c1ccc(OCc2ccccc2)cc1. The largest absolute Gasteiger partial charge is 0.489 e. The molecule has 2 N–H and O–H groups in total. The van der Waals surface area contributed by atoms with Gasteiger partial charge in [0.1, 0.15) is 12.4 Å². The molecule has 30 heavy (non-hydrogen) atoms. The molecule has 0 aliphatic rings. The van der Waals surface area contributed by atoms with Crippen molar-refractivity contribution in [1.29, 1.82) is 0 Å². The quantitative estimate of drug-likeness (QED) is 0.586. The van der Waals surface area contributed by atoms with Crippen molar-refractivity contribution in [3.8, 4) is 5.75 Å². The second-order valence-corrected chi connectivity index (χ2v) is 6.61. The van der Waals surface area contributed by atoms with Crippen LogP contribution in [0.4, 0.5) is 13.2 Å². The van der Waals surface area contributed by atoms with Gasteiger partial charge in [0.15, 0.2) is 0 Å². The fourth-order valence-electron chi connectivity index (χ4n) is 2.89. The van der Waals surface area contributed by atoms with Gasteiger partial charge >= 0.3 is 6.18 Å². The maximum absolute atomic E-state index is 13.1. The smallest absolute Gasteiger partial charge is 0.416 e. The molecule has 0 aromatic heterocycles. The molecule has 7 heteroatoms. The van der Waals surface area contributed by atoms with Crippen LogP contribution < -0.4 is 10.1 Å². The molecule has 1 amide bonds. The number of amides is 1. The van der Waals surface area contributed by atoms with Gasteiger partial charge in [0.2, 0.25) is 0 Å². The van der Waals surface area contributed by atoms with Crippen LogP contribution in [0.2, 0.25) is 0 Å². The fraction of sp³-hybridized carbons (Fsp3) is 0.174. The molecule has 1 atom stereocenters. The first-order valence-electron chi connectivity index (χ1n) is 9.24. The Hall–Kier alpha value is -3.32. The van der Waals surface area contributed by atoms with Gasteiger partial charge in [0.05, 0.1) is 11.7 Å². The highest BCUT2D eigenvalue weighted by Gasteiger charge is 2.34. The van der Waals surface area contributed by atoms with Crippen LogP contribution in [0.3, 0.4) is 0 Å². The van der Waals surface area contributed by atoms with Gasteiger partial charge in [0, 0.05) is 12.1 Å². The van der Waals surface area contributed by atoms with Gasteiger partial charge in [-0.05, 0) is 41.5 Å². The molecule has 3 rings (SSSR count). The number of halogens is 3. The lowest BCUT2D eigenvalue weighted by Crippen LogP contribution is -2.29. The van der Waals surface area contributed by atoms with E-state index in [1.165, 1.54) is 18.2 Å². The third kappa shape index (κ3) is 5.61. The number of carbonyl (C=O) groups is 1. The number of carbonyl (C=O) groups excluding carboxylic acids is 1. The predicted octanol–water partition coefficient (Wildman–Crippen LogP) is 4.75. The van der Waals surface area contributed by atoms with Gasteiger partial charge in [0.25, 0.3) is 5.91 Å². The van der Waals surface area contributed by atoms with E-state index >= 15 is 0 Å². The molecule has 0 bridgehead atoms. The summed E-state index contributed by atoms with van der Waals surface area (Å²) >= 11 is 0. The Bertz CT molecular complexity index is 973. The molecule has 0 spiro atoms. The number of hydrogen-bond acceptors (Lipinski definition) is 3. The number of aliphatic hydroxyl groups is 1. The van der Waals surface area contributed by atoms with E-state index in [0.717, 1.165) is 11.6 Å². The monoisotopic (exact) mass is 415 g/mol. The van der Waals surface area contributed by atoms with Crippen LogP contribution in [-0.2, 0) is 12.8 Å². The first-order chi connectivity index (χ1) is 14.3. The summed E-state index contributed by atoms with van der Waals surface area (Å²) in [5.41, 5.74) is 0.104. The Morgan fingerprint density at radius 1 is 0.933 bits per heavy atom. The van der Waals surface area contributed by atoms with Crippen LogP contribution in [-0.4, -0.2) is 17.6 Å². The topological polar surface area (TPSA) is 58.6 Å². The van der Waals surface area contributed by atoms with E-state index in [1.807, 2.05) is 30.3 Å². The normalized spacial score (nSPS) is 12.3. The van der Waals surface area contributed by atoms with Crippen molar-refractivity contribution in [2.45, 2.75) is 18.9 Å². The molecule has 3 aromatic rings. The molecule has 0 aliphatic carbocycles. The van der Waals surface area contributed by atoms with Crippen molar-refractivity contribution in [2.24, 2.45) is 0 Å². The zero-order chi connectivity index (χ0) is 21.6. The Morgan fingerprint density at radius 2 is 1.57 bits per heavy atom. The van der Waals surface area contributed by atoms with Crippen LogP contribution in [0.1, 0.15) is 33.2 Å². The molecule has 156 valence electrons. The molecule has 0 aliphatic heterocycles. The molecule has 0 saturated carbocycles. The summed E-state index contributed by atoms with van der Waals surface area (Å²) in [6.07, 6.45) is -6.07. The Balaban J connectivity index is 1.56. The van der Waals surface area contributed by atoms with Gasteiger partial charge < -0.3 is 15.2 Å². The number of benzene rings is 3. The molecule has 0 fully saturated rings. The minimum Gasteiger partial charge on any atom is -0.489 e. The molecule has 3 aromatic carbocycles. The lowest BCUT2D eigenvalue weighted by atomic mass is 10.0. The number of hydrogen-bond donors (Lipinski definition) is 2. The number of aliphatic hydroxyl groups excluding tert-OH is 1. The van der Waals surface area contributed by atoms with E-state index in [9.17, 15) is 23.1 Å². The van der Waals surface area contributed by atoms with Gasteiger partial charge in [-0.1, -0.05) is 48.5 Å². The van der Waals surface area contributed by atoms with Crippen LogP contribution in [0, 0.1) is 0 Å². The first kappa shape index (κ1) is 21.4. The van der Waals surface area contributed by atoms with Gasteiger partial charge in [-0.2, -0.15) is 13.2 Å². The number of nitrogens with one attached hydrogen (secondary N) is 1. The molecule has 4 nitrogen and oxygen atoms in total. The maximum atomic E-state index is 13.1. The van der Waals surface area contributed by atoms with E-state index in [4.69, 9.17) is 4.74 Å². The molecule has 0 heterocycles. The second kappa shape index (κ2) is 9.45. The highest BCUT2D eigenvalue weighted by atomic mass is 19.4. The van der Waals surface area contributed by atoms with Gasteiger partial charge in [-0.3, -0.25) is 4.79 Å². The summed E-state index contributed by atoms with van der Waals surface area (Å²) in [5.74, 6) is 0.0719. The number of rotatable bonds is 7. The second-order valence-electron chi connectivity index (χ2n) is 6.61. The summed E-state index contributed by atoms with van der Waals surface area (Å²) in [6, 6.07) is 20.7. The molecular weight excluding hydrogens is 395 g/mol. The molecule has 1 unspecified atom stereocenters. The van der Waals surface area contributed by atoms with Crippen molar-refractivity contribution in [3.63, 3.8) is 0 Å². The standard InChI is InChI=1S/C23H20F3NO3/c24-23(25,26)20-9-5-4-8-19(20)21(28)14-27-22(29)17-10-12-18(13-11-17)30-15-16-6-2-1-3-7-16/h1-13,21,28H,14-15H2,(H,27,29). The Kier molecular flexibility index (Phi) is 6.74. The Morgan fingerprint density at radius 3 is 2.23 bits per heavy atom. The van der Waals surface area contributed by atoms with Crippen LogP contribution in [0.5, 0.6) is 5.75 Å². The number of alkyl halides is 3. The lowest BCUT2D eigenvalue weighted by molar-refractivity contribution is -0.139. The minimum atomic E-state index is -4.59. The third-order valence-electron chi connectivity index (χ3n) is 4.45. The van der Waals surface area contributed by atoms with Crippen molar-refractivity contribution in [2.75, 3.05) is 6.54 Å². The molecule has 0 radical (unpaired) electrons. The first-order valence-corrected chi connectivity index (χ1v) is 9.24. The summed E-state index contributed by atoms with van der Waals surface area (Å²) in [7, 11) is 0. The summed E-state index contributed by atoms with van der Waals surface area (Å²) in [5, 5.41) is 12.6. The van der Waals surface area contributed by atoms with Crippen LogP contribution >= 0.6 is 0 Å². The summed E-state index contributed by atoms with van der Waals surface area (Å²) in [4.78, 5) is 12.3. The van der Waals surface area contributed by atoms with Crippen molar-refractivity contribution >= 4 is 5.91 Å². The van der Waals surface area contributed by atoms with Crippen LogP contribution in [0.25, 0.3) is 0 Å². The molecular formula is C23H20F3NO3. The van der Waals surface area contributed by atoms with Crippen molar-refractivity contribution in [1.82, 2.24) is 5.32 Å². The van der Waals surface area contributed by atoms with Crippen molar-refractivity contribution in [3.05, 3.63) is 101 Å². The average Bonchev–Trinajstić information content (AvgIpc) is 2.76. The zero-order valence-electron chi connectivity index (χ0n) is 15.9. The minimum absolute atomic E-state index is 0.282. The van der Waals surface area contributed by atoms with Gasteiger partial charge in [-0.15, -0.1) is 0 Å². The lowest BCUT2D eigenvalue weighted by Gasteiger charge is -2.18. The number of ether oxygens (including phenoxy) is 1. The van der Waals surface area contributed by atoms with Crippen molar-refractivity contribution < 1.29 is 27.8 Å². The summed E-state index contributed by atoms with van der Waals surface area (Å²) in [6.45, 7) is 0.0371. The van der Waals surface area contributed by atoms with E-state index in [0.29, 0.717) is 17.9 Å². The molecule has 0 saturated heterocycles. The average molecular weight is 415 g/mol. The highest BCUT2D eigenvalue weighted by Crippen LogP contribution is 2.34. The van der Waals surface area contributed by atoms with E-state index in [1.54, 1.807) is 24.3 Å². The van der Waals surface area contributed by atoms with E-state index < -0.39 is 23.8 Å². The van der Waals surface area contributed by atoms with E-state index in [2.05, 4.69) is 5.32 Å². The van der Waals surface area contributed by atoms with Gasteiger partial charge in [-0.25, -0.2) is 0 Å². The van der Waals surface area contributed by atoms with Crippen LogP contribution in [0.15, 0.2) is 78.9 Å². The fourth-order valence-corrected chi connectivity index (χ4v) is 2.89. The highest BCUT2D eigenvalue weighted by molar-refractivity contribution is 5.94. The third-order valence-corrected chi connectivity index (χ3v) is 4.45. The predicted molar refractivity (Wildman–Crippen MR) is 106 cm³/mol. The Labute approximate surface area is 171 Å².